The highest BCUT2D eigenvalue weighted by atomic mass is 32.2. The highest BCUT2D eigenvalue weighted by molar-refractivity contribution is 7.92. The molecule has 2 N–H and O–H groups in total. The zero-order chi connectivity index (χ0) is 25.5. The largest absolute Gasteiger partial charge is 0.493 e. The Morgan fingerprint density at radius 3 is 2.39 bits per heavy atom. The molecule has 0 aliphatic rings. The first-order valence-electron chi connectivity index (χ1n) is 11.3. The lowest BCUT2D eigenvalue weighted by atomic mass is 10.1. The molecule has 0 radical (unpaired) electrons. The van der Waals surface area contributed by atoms with Crippen LogP contribution in [0, 0.1) is 0 Å². The molecule has 0 bridgehead atoms. The third-order valence-corrected chi connectivity index (χ3v) is 6.67. The van der Waals surface area contributed by atoms with Gasteiger partial charge >= 0.3 is 0 Å². The molecular formula is C25H25N5O5S. The molecule has 36 heavy (non-hydrogen) atoms. The Labute approximate surface area is 208 Å². The summed E-state index contributed by atoms with van der Waals surface area (Å²) in [5, 5.41) is 0. The van der Waals surface area contributed by atoms with E-state index in [1.165, 1.54) is 25.6 Å². The summed E-state index contributed by atoms with van der Waals surface area (Å²) in [7, 11) is -2.68. The zero-order valence-electron chi connectivity index (χ0n) is 19.8. The molecule has 10 nitrogen and oxygen atoms in total. The van der Waals surface area contributed by atoms with Crippen LogP contribution >= 0.6 is 0 Å². The Kier molecular flexibility index (Phi) is 7.59. The molecule has 2 aromatic heterocycles. The number of unbranched alkanes of at least 4 members (excludes halogenated alkanes) is 1. The fraction of sp³-hybridized carbons (Fsp3) is 0.200. The molecular weight excluding hydrogens is 482 g/mol. The number of methoxy groups -OCH3 is 1. The van der Waals surface area contributed by atoms with Crippen LogP contribution in [0.15, 0.2) is 76.7 Å². The highest BCUT2D eigenvalue weighted by Crippen LogP contribution is 2.33. The van der Waals surface area contributed by atoms with Crippen LogP contribution in [0.1, 0.15) is 25.3 Å². The van der Waals surface area contributed by atoms with Gasteiger partial charge in [0.25, 0.3) is 15.6 Å². The van der Waals surface area contributed by atoms with E-state index < -0.39 is 15.6 Å². The number of aromatic amines is 1. The van der Waals surface area contributed by atoms with Gasteiger partial charge in [0.1, 0.15) is 0 Å². The summed E-state index contributed by atoms with van der Waals surface area (Å²) in [5.41, 5.74) is -0.0640. The number of hydrogen-bond acceptors (Lipinski definition) is 8. The van der Waals surface area contributed by atoms with Gasteiger partial charge in [-0.15, -0.1) is 0 Å². The van der Waals surface area contributed by atoms with E-state index in [1.807, 2.05) is 6.92 Å². The molecule has 2 heterocycles. The van der Waals surface area contributed by atoms with Gasteiger partial charge in [-0.3, -0.25) is 9.52 Å². The van der Waals surface area contributed by atoms with Crippen molar-refractivity contribution in [2.24, 2.45) is 0 Å². The molecule has 4 aromatic rings. The van der Waals surface area contributed by atoms with Crippen LogP contribution in [0.5, 0.6) is 17.2 Å². The molecule has 4 rings (SSSR count). The standard InChI is InChI=1S/C25H25N5O5S/c1-3-4-10-17-11-5-8-14-20(17)36(32,33)30-22-21(35-19-13-7-6-12-18(19)34-2)25(31)29-24(28-22)23-26-15-9-16-27-23/h5-9,11-16H,3-4,10H2,1-2H3,(H2,28,29,30,31). The summed E-state index contributed by atoms with van der Waals surface area (Å²) in [6.45, 7) is 2.03. The fourth-order valence-corrected chi connectivity index (χ4v) is 4.76. The number of hydrogen-bond donors (Lipinski definition) is 2. The lowest BCUT2D eigenvalue weighted by Gasteiger charge is -2.15. The van der Waals surface area contributed by atoms with Gasteiger partial charge in [-0.1, -0.05) is 43.7 Å². The van der Waals surface area contributed by atoms with Crippen molar-refractivity contribution in [3.8, 4) is 28.9 Å². The van der Waals surface area contributed by atoms with E-state index in [0.29, 0.717) is 17.7 Å². The van der Waals surface area contributed by atoms with Gasteiger partial charge in [-0.25, -0.2) is 23.4 Å². The number of aryl methyl sites for hydroxylation is 1. The predicted octanol–water partition coefficient (Wildman–Crippen LogP) is 4.17. The van der Waals surface area contributed by atoms with Gasteiger partial charge in [-0.05, 0) is 42.7 Å². The van der Waals surface area contributed by atoms with Crippen LogP contribution in [0.2, 0.25) is 0 Å². The van der Waals surface area contributed by atoms with E-state index in [4.69, 9.17) is 9.47 Å². The number of rotatable bonds is 10. The third-order valence-electron chi connectivity index (χ3n) is 5.23. The van der Waals surface area contributed by atoms with Gasteiger partial charge < -0.3 is 14.5 Å². The van der Waals surface area contributed by atoms with Crippen molar-refractivity contribution in [2.75, 3.05) is 11.8 Å². The minimum absolute atomic E-state index is 0.0232. The van der Waals surface area contributed by atoms with Crippen LogP contribution in [0.4, 0.5) is 5.82 Å². The topological polar surface area (TPSA) is 136 Å². The van der Waals surface area contributed by atoms with E-state index in [2.05, 4.69) is 24.7 Å². The third kappa shape index (κ3) is 5.52. The number of aromatic nitrogens is 4. The Morgan fingerprint density at radius 1 is 0.972 bits per heavy atom. The van der Waals surface area contributed by atoms with Crippen molar-refractivity contribution < 1.29 is 17.9 Å². The second-order valence-corrected chi connectivity index (χ2v) is 9.39. The van der Waals surface area contributed by atoms with Crippen LogP contribution in [-0.4, -0.2) is 35.5 Å². The van der Waals surface area contributed by atoms with Crippen LogP contribution < -0.4 is 19.8 Å². The van der Waals surface area contributed by atoms with Crippen molar-refractivity contribution in [3.63, 3.8) is 0 Å². The van der Waals surface area contributed by atoms with Crippen molar-refractivity contribution in [2.45, 2.75) is 31.1 Å². The summed E-state index contributed by atoms with van der Waals surface area (Å²) >= 11 is 0. The number of benzene rings is 2. The van der Waals surface area contributed by atoms with E-state index in [1.54, 1.807) is 48.5 Å². The van der Waals surface area contributed by atoms with Crippen LogP contribution in [-0.2, 0) is 16.4 Å². The molecule has 11 heteroatoms. The first kappa shape index (κ1) is 24.9. The number of ether oxygens (including phenoxy) is 2. The summed E-state index contributed by atoms with van der Waals surface area (Å²) < 4.78 is 40.6. The molecule has 0 saturated carbocycles. The van der Waals surface area contributed by atoms with E-state index in [9.17, 15) is 13.2 Å². The maximum atomic E-state index is 13.5. The van der Waals surface area contributed by atoms with E-state index in [0.717, 1.165) is 12.8 Å². The Morgan fingerprint density at radius 2 is 1.67 bits per heavy atom. The molecule has 0 aliphatic carbocycles. The Hall–Kier alpha value is -4.25. The zero-order valence-corrected chi connectivity index (χ0v) is 20.6. The summed E-state index contributed by atoms with van der Waals surface area (Å²) in [6.07, 6.45) is 5.29. The monoisotopic (exact) mass is 507 g/mol. The summed E-state index contributed by atoms with van der Waals surface area (Å²) in [4.78, 5) is 28.3. The average Bonchev–Trinajstić information content (AvgIpc) is 2.90. The van der Waals surface area contributed by atoms with Crippen molar-refractivity contribution in [1.82, 2.24) is 19.9 Å². The molecule has 0 atom stereocenters. The summed E-state index contributed by atoms with van der Waals surface area (Å²) in [6, 6.07) is 15.0. The van der Waals surface area contributed by atoms with Crippen molar-refractivity contribution in [1.29, 1.82) is 0 Å². The van der Waals surface area contributed by atoms with E-state index in [-0.39, 0.29) is 33.9 Å². The number of sulfonamides is 1. The first-order valence-corrected chi connectivity index (χ1v) is 12.7. The maximum absolute atomic E-state index is 13.5. The molecule has 0 spiro atoms. The first-order chi connectivity index (χ1) is 17.4. The number of anilines is 1. The minimum Gasteiger partial charge on any atom is -0.493 e. The van der Waals surface area contributed by atoms with Crippen LogP contribution in [0.3, 0.4) is 0 Å². The number of nitrogens with zero attached hydrogens (tertiary/aromatic N) is 3. The van der Waals surface area contributed by atoms with E-state index >= 15 is 0 Å². The molecule has 2 aromatic carbocycles. The molecule has 0 saturated heterocycles. The van der Waals surface area contributed by atoms with Gasteiger partial charge in [0, 0.05) is 12.4 Å². The lowest BCUT2D eigenvalue weighted by molar-refractivity contribution is 0.377. The quantitative estimate of drug-likeness (QED) is 0.326. The normalized spacial score (nSPS) is 11.2. The number of nitrogens with one attached hydrogen (secondary N) is 2. The molecule has 0 aliphatic heterocycles. The average molecular weight is 508 g/mol. The summed E-state index contributed by atoms with van der Waals surface area (Å²) in [5.74, 6) is -0.00993. The number of H-pyrrole nitrogens is 1. The van der Waals surface area contributed by atoms with Gasteiger partial charge in [0.2, 0.25) is 5.75 Å². The van der Waals surface area contributed by atoms with Gasteiger partial charge in [0.15, 0.2) is 29.0 Å². The SMILES string of the molecule is CCCCc1ccccc1S(=O)(=O)Nc1nc(-c2ncccn2)[nH]c(=O)c1Oc1ccccc1OC. The maximum Gasteiger partial charge on any atom is 0.296 e. The molecule has 0 amide bonds. The molecule has 0 fully saturated rings. The Balaban J connectivity index is 1.83. The minimum atomic E-state index is -4.14. The van der Waals surface area contributed by atoms with Crippen LogP contribution in [0.25, 0.3) is 11.6 Å². The van der Waals surface area contributed by atoms with Gasteiger partial charge in [0.05, 0.1) is 12.0 Å². The molecule has 0 unspecified atom stereocenters. The van der Waals surface area contributed by atoms with Crippen molar-refractivity contribution in [3.05, 3.63) is 82.9 Å². The lowest BCUT2D eigenvalue weighted by Crippen LogP contribution is -2.21. The fourth-order valence-electron chi connectivity index (χ4n) is 3.49. The molecule has 186 valence electrons. The van der Waals surface area contributed by atoms with Crippen molar-refractivity contribution >= 4 is 15.8 Å². The predicted molar refractivity (Wildman–Crippen MR) is 135 cm³/mol. The number of para-hydroxylation sites is 2. The second-order valence-electron chi connectivity index (χ2n) is 7.73. The Bertz CT molecular complexity index is 1510. The smallest absolute Gasteiger partial charge is 0.296 e. The second kappa shape index (κ2) is 11.0. The van der Waals surface area contributed by atoms with Gasteiger partial charge in [-0.2, -0.15) is 0 Å². The highest BCUT2D eigenvalue weighted by Gasteiger charge is 2.25.